The Morgan fingerprint density at radius 2 is 1.93 bits per heavy atom. The van der Waals surface area contributed by atoms with Gasteiger partial charge in [0.1, 0.15) is 0 Å². The van der Waals surface area contributed by atoms with E-state index in [1.165, 1.54) is 0 Å². The second-order valence-corrected chi connectivity index (χ2v) is 3.63. The van der Waals surface area contributed by atoms with Crippen molar-refractivity contribution in [1.82, 2.24) is 5.32 Å². The van der Waals surface area contributed by atoms with E-state index in [1.54, 1.807) is 7.11 Å². The number of aliphatic hydroxyl groups is 1. The first-order valence-corrected chi connectivity index (χ1v) is 5.20. The van der Waals surface area contributed by atoms with Gasteiger partial charge in [0.25, 0.3) is 0 Å². The van der Waals surface area contributed by atoms with Crippen LogP contribution in [-0.2, 0) is 4.74 Å². The molecule has 0 aliphatic carbocycles. The van der Waals surface area contributed by atoms with Gasteiger partial charge in [0.05, 0.1) is 12.2 Å². The standard InChI is InChI=1S/C12H19NO2/c1-10(15-2)8-13-9-12(14)11-6-4-3-5-7-11/h3-7,10,12-14H,8-9H2,1-2H3. The SMILES string of the molecule is COC(C)CNCC(O)c1ccccc1. The lowest BCUT2D eigenvalue weighted by Crippen LogP contribution is -2.29. The van der Waals surface area contributed by atoms with Gasteiger partial charge in [0.2, 0.25) is 0 Å². The maximum Gasteiger partial charge on any atom is 0.0914 e. The van der Waals surface area contributed by atoms with Gasteiger partial charge < -0.3 is 15.2 Å². The molecule has 0 aliphatic rings. The fourth-order valence-electron chi connectivity index (χ4n) is 1.30. The Morgan fingerprint density at radius 1 is 1.27 bits per heavy atom. The fraction of sp³-hybridized carbons (Fsp3) is 0.500. The van der Waals surface area contributed by atoms with Crippen LogP contribution in [0.2, 0.25) is 0 Å². The zero-order chi connectivity index (χ0) is 11.1. The van der Waals surface area contributed by atoms with Crippen LogP contribution in [0.25, 0.3) is 0 Å². The number of rotatable bonds is 6. The molecule has 0 fully saturated rings. The van der Waals surface area contributed by atoms with E-state index in [-0.39, 0.29) is 6.10 Å². The number of nitrogens with one attached hydrogen (secondary N) is 1. The van der Waals surface area contributed by atoms with Crippen molar-refractivity contribution in [2.75, 3.05) is 20.2 Å². The predicted octanol–water partition coefficient (Wildman–Crippen LogP) is 1.34. The van der Waals surface area contributed by atoms with Gasteiger partial charge in [0.15, 0.2) is 0 Å². The summed E-state index contributed by atoms with van der Waals surface area (Å²) in [6, 6.07) is 9.64. The van der Waals surface area contributed by atoms with Crippen LogP contribution in [0.1, 0.15) is 18.6 Å². The van der Waals surface area contributed by atoms with Crippen LogP contribution in [0.3, 0.4) is 0 Å². The first kappa shape index (κ1) is 12.2. The highest BCUT2D eigenvalue weighted by Gasteiger charge is 2.06. The Balaban J connectivity index is 2.28. The molecule has 0 aliphatic heterocycles. The average Bonchev–Trinajstić information content (AvgIpc) is 2.29. The minimum atomic E-state index is -0.449. The fourth-order valence-corrected chi connectivity index (χ4v) is 1.30. The summed E-state index contributed by atoms with van der Waals surface area (Å²) in [5, 5.41) is 13.0. The smallest absolute Gasteiger partial charge is 0.0914 e. The van der Waals surface area contributed by atoms with Crippen molar-refractivity contribution in [1.29, 1.82) is 0 Å². The van der Waals surface area contributed by atoms with Gasteiger partial charge in [-0.15, -0.1) is 0 Å². The maximum atomic E-state index is 9.80. The molecule has 84 valence electrons. The summed E-state index contributed by atoms with van der Waals surface area (Å²) in [7, 11) is 1.68. The van der Waals surface area contributed by atoms with Gasteiger partial charge in [-0.1, -0.05) is 30.3 Å². The van der Waals surface area contributed by atoms with E-state index in [0.717, 1.165) is 12.1 Å². The molecule has 0 radical (unpaired) electrons. The molecule has 15 heavy (non-hydrogen) atoms. The van der Waals surface area contributed by atoms with Gasteiger partial charge >= 0.3 is 0 Å². The topological polar surface area (TPSA) is 41.5 Å². The zero-order valence-electron chi connectivity index (χ0n) is 9.31. The van der Waals surface area contributed by atoms with E-state index in [9.17, 15) is 5.11 Å². The molecule has 0 heterocycles. The molecule has 1 aromatic rings. The molecule has 0 amide bonds. The van der Waals surface area contributed by atoms with Gasteiger partial charge in [-0.2, -0.15) is 0 Å². The number of hydrogen-bond donors (Lipinski definition) is 2. The minimum Gasteiger partial charge on any atom is -0.387 e. The van der Waals surface area contributed by atoms with Crippen molar-refractivity contribution >= 4 is 0 Å². The lowest BCUT2D eigenvalue weighted by Gasteiger charge is -2.14. The predicted molar refractivity (Wildman–Crippen MR) is 60.7 cm³/mol. The largest absolute Gasteiger partial charge is 0.387 e. The van der Waals surface area contributed by atoms with Crippen LogP contribution in [0.5, 0.6) is 0 Å². The second-order valence-electron chi connectivity index (χ2n) is 3.63. The number of benzene rings is 1. The molecule has 0 saturated heterocycles. The van der Waals surface area contributed by atoms with Crippen LogP contribution >= 0.6 is 0 Å². The summed E-state index contributed by atoms with van der Waals surface area (Å²) in [6.07, 6.45) is -0.275. The van der Waals surface area contributed by atoms with Crippen molar-refractivity contribution in [2.45, 2.75) is 19.1 Å². The first-order chi connectivity index (χ1) is 7.24. The average molecular weight is 209 g/mol. The van der Waals surface area contributed by atoms with Crippen molar-refractivity contribution in [3.63, 3.8) is 0 Å². The molecule has 0 saturated carbocycles. The first-order valence-electron chi connectivity index (χ1n) is 5.20. The van der Waals surface area contributed by atoms with Crippen molar-refractivity contribution in [3.8, 4) is 0 Å². The number of methoxy groups -OCH3 is 1. The van der Waals surface area contributed by atoms with Crippen LogP contribution in [0.4, 0.5) is 0 Å². The molecular formula is C12H19NO2. The molecule has 0 bridgehead atoms. The highest BCUT2D eigenvalue weighted by atomic mass is 16.5. The third kappa shape index (κ3) is 4.42. The highest BCUT2D eigenvalue weighted by molar-refractivity contribution is 5.17. The Kier molecular flexibility index (Phi) is 5.32. The van der Waals surface area contributed by atoms with E-state index < -0.39 is 6.10 Å². The van der Waals surface area contributed by atoms with E-state index in [2.05, 4.69) is 5.32 Å². The third-order valence-corrected chi connectivity index (χ3v) is 2.36. The second kappa shape index (κ2) is 6.56. The summed E-state index contributed by atoms with van der Waals surface area (Å²) in [4.78, 5) is 0. The molecule has 2 N–H and O–H groups in total. The van der Waals surface area contributed by atoms with E-state index >= 15 is 0 Å². The summed E-state index contributed by atoms with van der Waals surface area (Å²) >= 11 is 0. The highest BCUT2D eigenvalue weighted by Crippen LogP contribution is 2.10. The summed E-state index contributed by atoms with van der Waals surface area (Å²) in [6.45, 7) is 3.29. The van der Waals surface area contributed by atoms with Crippen molar-refractivity contribution in [2.24, 2.45) is 0 Å². The Hall–Kier alpha value is -0.900. The summed E-state index contributed by atoms with van der Waals surface area (Å²) in [5.74, 6) is 0. The molecule has 3 heteroatoms. The minimum absolute atomic E-state index is 0.174. The normalized spacial score (nSPS) is 14.9. The maximum absolute atomic E-state index is 9.80. The van der Waals surface area contributed by atoms with E-state index in [0.29, 0.717) is 6.54 Å². The summed E-state index contributed by atoms with van der Waals surface area (Å²) < 4.78 is 5.09. The van der Waals surface area contributed by atoms with E-state index in [4.69, 9.17) is 4.74 Å². The quantitative estimate of drug-likeness (QED) is 0.743. The third-order valence-electron chi connectivity index (χ3n) is 2.36. The zero-order valence-corrected chi connectivity index (χ0v) is 9.31. The molecule has 1 aromatic carbocycles. The Morgan fingerprint density at radius 3 is 2.53 bits per heavy atom. The molecule has 0 spiro atoms. The van der Waals surface area contributed by atoms with Crippen LogP contribution in [0, 0.1) is 0 Å². The number of ether oxygens (including phenoxy) is 1. The number of hydrogen-bond acceptors (Lipinski definition) is 3. The van der Waals surface area contributed by atoms with Gasteiger partial charge in [-0.3, -0.25) is 0 Å². The Labute approximate surface area is 91.1 Å². The van der Waals surface area contributed by atoms with Gasteiger partial charge in [-0.25, -0.2) is 0 Å². The monoisotopic (exact) mass is 209 g/mol. The lowest BCUT2D eigenvalue weighted by atomic mass is 10.1. The van der Waals surface area contributed by atoms with Crippen molar-refractivity contribution in [3.05, 3.63) is 35.9 Å². The number of aliphatic hydroxyl groups excluding tert-OH is 1. The van der Waals surface area contributed by atoms with Crippen LogP contribution in [-0.4, -0.2) is 31.4 Å². The molecule has 0 aromatic heterocycles. The van der Waals surface area contributed by atoms with Crippen molar-refractivity contribution < 1.29 is 9.84 Å². The molecule has 2 atom stereocenters. The van der Waals surface area contributed by atoms with Crippen LogP contribution in [0.15, 0.2) is 30.3 Å². The van der Waals surface area contributed by atoms with E-state index in [1.807, 2.05) is 37.3 Å². The molecular weight excluding hydrogens is 190 g/mol. The molecule has 1 rings (SSSR count). The van der Waals surface area contributed by atoms with Crippen LogP contribution < -0.4 is 5.32 Å². The molecule has 3 nitrogen and oxygen atoms in total. The summed E-state index contributed by atoms with van der Waals surface area (Å²) in [5.41, 5.74) is 0.940. The van der Waals surface area contributed by atoms with Gasteiger partial charge in [0, 0.05) is 20.2 Å². The molecule has 2 unspecified atom stereocenters. The lowest BCUT2D eigenvalue weighted by molar-refractivity contribution is 0.109. The van der Waals surface area contributed by atoms with Gasteiger partial charge in [-0.05, 0) is 12.5 Å². The Bertz CT molecular complexity index is 264.